The molecule has 0 bridgehead atoms. The van der Waals surface area contributed by atoms with E-state index in [1.54, 1.807) is 18.5 Å². The van der Waals surface area contributed by atoms with E-state index in [4.69, 9.17) is 17.3 Å². The topological polar surface area (TPSA) is 78.7 Å². The molecule has 0 atom stereocenters. The van der Waals surface area contributed by atoms with Crippen molar-refractivity contribution in [1.29, 1.82) is 0 Å². The van der Waals surface area contributed by atoms with Crippen LogP contribution in [-0.4, -0.2) is 31.1 Å². The van der Waals surface area contributed by atoms with Crippen LogP contribution in [0.15, 0.2) is 0 Å². The van der Waals surface area contributed by atoms with E-state index in [0.717, 1.165) is 35.5 Å². The van der Waals surface area contributed by atoms with Crippen LogP contribution in [0.5, 0.6) is 0 Å². The molecule has 7 heteroatoms. The number of aromatic nitrogens is 4. The fourth-order valence-corrected chi connectivity index (χ4v) is 2.75. The van der Waals surface area contributed by atoms with Gasteiger partial charge in [-0.25, -0.2) is 4.98 Å². The van der Waals surface area contributed by atoms with Crippen molar-refractivity contribution in [1.82, 2.24) is 19.3 Å². The monoisotopic (exact) mass is 311 g/mol. The second-order valence-corrected chi connectivity index (χ2v) is 6.10. The molecule has 2 aromatic heterocycles. The number of carbonyl (C=O) groups is 1. The lowest BCUT2D eigenvalue weighted by Gasteiger charge is -2.25. The molecule has 0 spiro atoms. The van der Waals surface area contributed by atoms with Gasteiger partial charge in [0.05, 0.1) is 5.69 Å². The van der Waals surface area contributed by atoms with E-state index in [0.29, 0.717) is 12.3 Å². The Balaban J connectivity index is 2.77. The fraction of sp³-hybridized carbons (Fsp3) is 0.643. The zero-order valence-electron chi connectivity index (χ0n) is 13.0. The van der Waals surface area contributed by atoms with Crippen molar-refractivity contribution >= 4 is 28.7 Å². The maximum absolute atomic E-state index is 11.9. The summed E-state index contributed by atoms with van der Waals surface area (Å²) in [6, 6.07) is 0. The molecule has 0 radical (unpaired) electrons. The van der Waals surface area contributed by atoms with Crippen molar-refractivity contribution in [2.45, 2.75) is 45.6 Å². The van der Waals surface area contributed by atoms with E-state index in [9.17, 15) is 4.79 Å². The van der Waals surface area contributed by atoms with E-state index in [1.807, 2.05) is 11.6 Å². The lowest BCUT2D eigenvalue weighted by atomic mass is 10.0. The molecule has 2 rings (SSSR count). The SMILES string of the molecule is CCCc1nn(C)c2c1nc(CCCl)n2C(C)(C)C(N)=O. The summed E-state index contributed by atoms with van der Waals surface area (Å²) in [5, 5.41) is 4.52. The lowest BCUT2D eigenvalue weighted by molar-refractivity contribution is -0.125. The molecular weight excluding hydrogens is 290 g/mol. The second-order valence-electron chi connectivity index (χ2n) is 5.72. The van der Waals surface area contributed by atoms with Crippen LogP contribution in [-0.2, 0) is 30.2 Å². The van der Waals surface area contributed by atoms with Gasteiger partial charge in [0.2, 0.25) is 5.91 Å². The number of rotatable bonds is 6. The van der Waals surface area contributed by atoms with Gasteiger partial charge in [-0.15, -0.1) is 11.6 Å². The molecular formula is C14H22ClN5O. The van der Waals surface area contributed by atoms with Crippen molar-refractivity contribution < 1.29 is 4.79 Å². The number of amides is 1. The summed E-state index contributed by atoms with van der Waals surface area (Å²) in [4.78, 5) is 16.6. The first-order valence-electron chi connectivity index (χ1n) is 7.14. The fourth-order valence-electron chi connectivity index (χ4n) is 2.58. The molecule has 0 saturated heterocycles. The van der Waals surface area contributed by atoms with Crippen molar-refractivity contribution in [2.24, 2.45) is 12.8 Å². The van der Waals surface area contributed by atoms with Crippen LogP contribution >= 0.6 is 11.6 Å². The van der Waals surface area contributed by atoms with E-state index < -0.39 is 11.4 Å². The van der Waals surface area contributed by atoms with Gasteiger partial charge in [-0.05, 0) is 20.3 Å². The highest BCUT2D eigenvalue weighted by atomic mass is 35.5. The molecule has 2 aromatic rings. The van der Waals surface area contributed by atoms with Crippen LogP contribution in [0.1, 0.15) is 38.7 Å². The molecule has 0 aliphatic rings. The quantitative estimate of drug-likeness (QED) is 0.825. The number of fused-ring (bicyclic) bond motifs is 1. The van der Waals surface area contributed by atoms with Gasteiger partial charge >= 0.3 is 0 Å². The van der Waals surface area contributed by atoms with Crippen LogP contribution in [0.25, 0.3) is 11.2 Å². The van der Waals surface area contributed by atoms with Crippen molar-refractivity contribution in [3.05, 3.63) is 11.5 Å². The number of hydrogen-bond acceptors (Lipinski definition) is 3. The number of alkyl halides is 1. The third-order valence-electron chi connectivity index (χ3n) is 3.74. The zero-order valence-corrected chi connectivity index (χ0v) is 13.7. The molecule has 2 N–H and O–H groups in total. The van der Waals surface area contributed by atoms with Gasteiger partial charge in [0.25, 0.3) is 0 Å². The molecule has 0 saturated carbocycles. The summed E-state index contributed by atoms with van der Waals surface area (Å²) >= 11 is 5.88. The molecule has 0 aliphatic heterocycles. The highest BCUT2D eigenvalue weighted by molar-refractivity contribution is 6.17. The summed E-state index contributed by atoms with van der Waals surface area (Å²) in [6.07, 6.45) is 2.42. The Hall–Kier alpha value is -1.56. The molecule has 21 heavy (non-hydrogen) atoms. The summed E-state index contributed by atoms with van der Waals surface area (Å²) in [5.41, 5.74) is 7.31. The third-order valence-corrected chi connectivity index (χ3v) is 3.93. The average Bonchev–Trinajstić information content (AvgIpc) is 2.90. The predicted molar refractivity (Wildman–Crippen MR) is 83.4 cm³/mol. The Bertz CT molecular complexity index is 670. The Morgan fingerprint density at radius 1 is 1.38 bits per heavy atom. The average molecular weight is 312 g/mol. The Kier molecular flexibility index (Phi) is 4.27. The molecule has 2 heterocycles. The van der Waals surface area contributed by atoms with Gasteiger partial charge in [-0.1, -0.05) is 13.3 Å². The summed E-state index contributed by atoms with van der Waals surface area (Å²) < 4.78 is 3.65. The molecule has 1 amide bonds. The Labute approximate surface area is 129 Å². The molecule has 0 aromatic carbocycles. The minimum atomic E-state index is -0.882. The lowest BCUT2D eigenvalue weighted by Crippen LogP contribution is -2.42. The zero-order chi connectivity index (χ0) is 15.8. The predicted octanol–water partition coefficient (Wildman–Crippen LogP) is 1.72. The van der Waals surface area contributed by atoms with Crippen LogP contribution in [0, 0.1) is 0 Å². The minimum absolute atomic E-state index is 0.407. The summed E-state index contributed by atoms with van der Waals surface area (Å²) in [7, 11) is 1.86. The highest BCUT2D eigenvalue weighted by Crippen LogP contribution is 2.28. The first-order chi connectivity index (χ1) is 9.84. The van der Waals surface area contributed by atoms with E-state index in [2.05, 4.69) is 17.0 Å². The van der Waals surface area contributed by atoms with Crippen LogP contribution < -0.4 is 5.73 Å². The number of aryl methyl sites for hydroxylation is 3. The highest BCUT2D eigenvalue weighted by Gasteiger charge is 2.33. The van der Waals surface area contributed by atoms with Crippen LogP contribution in [0.3, 0.4) is 0 Å². The first-order valence-corrected chi connectivity index (χ1v) is 7.67. The maximum Gasteiger partial charge on any atom is 0.243 e. The van der Waals surface area contributed by atoms with E-state index in [-0.39, 0.29) is 0 Å². The van der Waals surface area contributed by atoms with Gasteiger partial charge in [0, 0.05) is 19.3 Å². The largest absolute Gasteiger partial charge is 0.368 e. The summed E-state index contributed by atoms with van der Waals surface area (Å²) in [6.45, 7) is 5.69. The smallest absolute Gasteiger partial charge is 0.243 e. The molecule has 116 valence electrons. The molecule has 0 unspecified atom stereocenters. The van der Waals surface area contributed by atoms with Gasteiger partial charge in [0.1, 0.15) is 16.9 Å². The minimum Gasteiger partial charge on any atom is -0.368 e. The van der Waals surface area contributed by atoms with Crippen molar-refractivity contribution in [2.75, 3.05) is 5.88 Å². The Morgan fingerprint density at radius 2 is 2.05 bits per heavy atom. The Morgan fingerprint density at radius 3 is 2.57 bits per heavy atom. The normalized spacial score (nSPS) is 12.2. The van der Waals surface area contributed by atoms with Gasteiger partial charge < -0.3 is 5.73 Å². The van der Waals surface area contributed by atoms with Crippen molar-refractivity contribution in [3.8, 4) is 0 Å². The number of primary amides is 1. The first kappa shape index (κ1) is 15.8. The number of imidazole rings is 1. The number of hydrogen-bond donors (Lipinski definition) is 1. The second kappa shape index (κ2) is 5.67. The molecule has 0 aliphatic carbocycles. The third kappa shape index (κ3) is 2.52. The number of nitrogens with two attached hydrogens (primary N) is 1. The van der Waals surface area contributed by atoms with E-state index >= 15 is 0 Å². The maximum atomic E-state index is 11.9. The van der Waals surface area contributed by atoms with Gasteiger partial charge in [-0.2, -0.15) is 5.10 Å². The number of halogens is 1. The van der Waals surface area contributed by atoms with Crippen molar-refractivity contribution in [3.63, 3.8) is 0 Å². The van der Waals surface area contributed by atoms with E-state index in [1.165, 1.54) is 0 Å². The standard InChI is InChI=1S/C14H22ClN5O/c1-5-6-9-11-12(19(4)18-9)20(10(17-11)7-8-15)14(2,3)13(16)21/h5-8H2,1-4H3,(H2,16,21). The van der Waals surface area contributed by atoms with Crippen LogP contribution in [0.2, 0.25) is 0 Å². The van der Waals surface area contributed by atoms with Gasteiger partial charge in [-0.3, -0.25) is 14.0 Å². The molecule has 0 fully saturated rings. The van der Waals surface area contributed by atoms with Crippen LogP contribution in [0.4, 0.5) is 0 Å². The van der Waals surface area contributed by atoms with Gasteiger partial charge in [0.15, 0.2) is 5.65 Å². The summed E-state index contributed by atoms with van der Waals surface area (Å²) in [5.74, 6) is 0.805. The number of carbonyl (C=O) groups excluding carboxylic acids is 1. The number of nitrogens with zero attached hydrogens (tertiary/aromatic N) is 4. The molecule has 6 nitrogen and oxygen atoms in total.